The average molecular weight is 554 g/mol. The molecule has 0 aliphatic heterocycles. The molecule has 2 amide bonds. The fourth-order valence-corrected chi connectivity index (χ4v) is 5.41. The van der Waals surface area contributed by atoms with Crippen molar-refractivity contribution in [1.82, 2.24) is 10.2 Å². The Balaban J connectivity index is 2.05. The zero-order valence-corrected chi connectivity index (χ0v) is 23.8. The van der Waals surface area contributed by atoms with Gasteiger partial charge in [-0.2, -0.15) is 0 Å². The summed E-state index contributed by atoms with van der Waals surface area (Å²) < 4.78 is 43.3. The van der Waals surface area contributed by atoms with Crippen LogP contribution in [0, 0.1) is 19.7 Å². The van der Waals surface area contributed by atoms with Crippen LogP contribution in [0.15, 0.2) is 77.7 Å². The standard InChI is InChI=1S/C30H36FN3O4S/c1-6-23(4)32-30(36)24(5)33(19-25-12-10-11-15-28(25)31)29(35)20-34(26-17-16-21(2)22(3)18-26)39(37,38)27-13-8-7-9-14-27/h7-18,23-24H,6,19-20H2,1-5H3,(H,32,36). The van der Waals surface area contributed by atoms with Gasteiger partial charge in [-0.25, -0.2) is 12.8 Å². The topological polar surface area (TPSA) is 86.8 Å². The number of hydrogen-bond acceptors (Lipinski definition) is 4. The molecular weight excluding hydrogens is 517 g/mol. The smallest absolute Gasteiger partial charge is 0.264 e. The molecule has 0 spiro atoms. The molecule has 0 fully saturated rings. The molecule has 0 saturated heterocycles. The Labute approximate surface area is 230 Å². The van der Waals surface area contributed by atoms with Gasteiger partial charge in [0, 0.05) is 18.2 Å². The molecule has 2 unspecified atom stereocenters. The molecular formula is C30H36FN3O4S. The molecule has 0 radical (unpaired) electrons. The molecule has 0 bridgehead atoms. The lowest BCUT2D eigenvalue weighted by atomic mass is 10.1. The number of nitrogens with one attached hydrogen (secondary N) is 1. The first-order valence-electron chi connectivity index (χ1n) is 12.9. The Bertz CT molecular complexity index is 1410. The van der Waals surface area contributed by atoms with Gasteiger partial charge >= 0.3 is 0 Å². The van der Waals surface area contributed by atoms with E-state index >= 15 is 0 Å². The van der Waals surface area contributed by atoms with E-state index in [1.165, 1.54) is 35.2 Å². The number of aryl methyl sites for hydroxylation is 2. The SMILES string of the molecule is CCC(C)NC(=O)C(C)N(Cc1ccccc1F)C(=O)CN(c1ccc(C)c(C)c1)S(=O)(=O)c1ccccc1. The van der Waals surface area contributed by atoms with Gasteiger partial charge in [-0.1, -0.05) is 49.4 Å². The van der Waals surface area contributed by atoms with Crippen molar-refractivity contribution in [3.63, 3.8) is 0 Å². The normalized spacial score (nSPS) is 12.9. The molecule has 208 valence electrons. The predicted octanol–water partition coefficient (Wildman–Crippen LogP) is 4.97. The van der Waals surface area contributed by atoms with Gasteiger partial charge < -0.3 is 10.2 Å². The second-order valence-corrected chi connectivity index (χ2v) is 11.6. The van der Waals surface area contributed by atoms with E-state index in [9.17, 15) is 22.4 Å². The highest BCUT2D eigenvalue weighted by Gasteiger charge is 2.33. The van der Waals surface area contributed by atoms with Crippen LogP contribution in [-0.4, -0.2) is 43.8 Å². The van der Waals surface area contributed by atoms with Crippen molar-refractivity contribution < 1.29 is 22.4 Å². The van der Waals surface area contributed by atoms with Crippen LogP contribution in [0.1, 0.15) is 43.9 Å². The first kappa shape index (κ1) is 29.8. The second-order valence-electron chi connectivity index (χ2n) is 9.70. The molecule has 9 heteroatoms. The van der Waals surface area contributed by atoms with E-state index < -0.39 is 40.2 Å². The molecule has 3 rings (SSSR count). The number of rotatable bonds is 11. The summed E-state index contributed by atoms with van der Waals surface area (Å²) in [6.45, 7) is 8.33. The van der Waals surface area contributed by atoms with Crippen LogP contribution in [0.25, 0.3) is 0 Å². The van der Waals surface area contributed by atoms with Crippen molar-refractivity contribution in [3.8, 4) is 0 Å². The summed E-state index contributed by atoms with van der Waals surface area (Å²) in [6.07, 6.45) is 0.690. The predicted molar refractivity (Wildman–Crippen MR) is 151 cm³/mol. The molecule has 3 aromatic rings. The van der Waals surface area contributed by atoms with E-state index in [2.05, 4.69) is 5.32 Å². The summed E-state index contributed by atoms with van der Waals surface area (Å²) in [5.74, 6) is -1.56. The van der Waals surface area contributed by atoms with Crippen molar-refractivity contribution >= 4 is 27.5 Å². The summed E-state index contributed by atoms with van der Waals surface area (Å²) in [5, 5.41) is 2.86. The monoisotopic (exact) mass is 553 g/mol. The first-order chi connectivity index (χ1) is 18.4. The Hall–Kier alpha value is -3.72. The van der Waals surface area contributed by atoms with E-state index in [4.69, 9.17) is 0 Å². The van der Waals surface area contributed by atoms with Crippen molar-refractivity contribution in [1.29, 1.82) is 0 Å². The van der Waals surface area contributed by atoms with Gasteiger partial charge in [0.25, 0.3) is 10.0 Å². The Morgan fingerprint density at radius 1 is 0.923 bits per heavy atom. The molecule has 0 aliphatic carbocycles. The third-order valence-electron chi connectivity index (χ3n) is 6.86. The van der Waals surface area contributed by atoms with Crippen molar-refractivity contribution in [3.05, 3.63) is 95.3 Å². The van der Waals surface area contributed by atoms with Crippen LogP contribution < -0.4 is 9.62 Å². The summed E-state index contributed by atoms with van der Waals surface area (Å²) >= 11 is 0. The van der Waals surface area contributed by atoms with Gasteiger partial charge in [0.05, 0.1) is 10.6 Å². The number of amides is 2. The van der Waals surface area contributed by atoms with Crippen LogP contribution in [0.2, 0.25) is 0 Å². The highest BCUT2D eigenvalue weighted by molar-refractivity contribution is 7.92. The van der Waals surface area contributed by atoms with Crippen LogP contribution in [0.5, 0.6) is 0 Å². The summed E-state index contributed by atoms with van der Waals surface area (Å²) in [5.41, 5.74) is 2.37. The second kappa shape index (κ2) is 12.9. The number of nitrogens with zero attached hydrogens (tertiary/aromatic N) is 2. The van der Waals surface area contributed by atoms with E-state index in [1.807, 2.05) is 27.7 Å². The number of carbonyl (C=O) groups excluding carboxylic acids is 2. The Morgan fingerprint density at radius 2 is 1.56 bits per heavy atom. The Morgan fingerprint density at radius 3 is 2.18 bits per heavy atom. The number of benzene rings is 3. The zero-order valence-electron chi connectivity index (χ0n) is 23.0. The van der Waals surface area contributed by atoms with Crippen LogP contribution in [-0.2, 0) is 26.2 Å². The van der Waals surface area contributed by atoms with Crippen molar-refractivity contribution in [2.24, 2.45) is 0 Å². The maximum atomic E-state index is 14.6. The molecule has 1 N–H and O–H groups in total. The number of halogens is 1. The largest absolute Gasteiger partial charge is 0.352 e. The van der Waals surface area contributed by atoms with Crippen molar-refractivity contribution in [2.45, 2.75) is 64.6 Å². The minimum Gasteiger partial charge on any atom is -0.352 e. The van der Waals surface area contributed by atoms with Gasteiger partial charge in [0.1, 0.15) is 18.4 Å². The third-order valence-corrected chi connectivity index (χ3v) is 8.64. The molecule has 0 aliphatic rings. The van der Waals surface area contributed by atoms with Crippen LogP contribution in [0.3, 0.4) is 0 Å². The highest BCUT2D eigenvalue weighted by Crippen LogP contribution is 2.26. The summed E-state index contributed by atoms with van der Waals surface area (Å²) in [7, 11) is -4.15. The first-order valence-corrected chi connectivity index (χ1v) is 14.4. The summed E-state index contributed by atoms with van der Waals surface area (Å²) in [4.78, 5) is 28.2. The van der Waals surface area contributed by atoms with E-state index in [0.717, 1.165) is 15.4 Å². The molecule has 39 heavy (non-hydrogen) atoms. The van der Waals surface area contributed by atoms with Crippen LogP contribution >= 0.6 is 0 Å². The summed E-state index contributed by atoms with van der Waals surface area (Å²) in [6, 6.07) is 17.9. The molecule has 3 aromatic carbocycles. The fourth-order valence-electron chi connectivity index (χ4n) is 3.99. The minimum atomic E-state index is -4.15. The van der Waals surface area contributed by atoms with Crippen molar-refractivity contribution in [2.75, 3.05) is 10.8 Å². The maximum Gasteiger partial charge on any atom is 0.264 e. The number of carbonyl (C=O) groups is 2. The minimum absolute atomic E-state index is 0.0271. The van der Waals surface area contributed by atoms with E-state index in [-0.39, 0.29) is 23.0 Å². The quantitative estimate of drug-likeness (QED) is 0.363. The van der Waals surface area contributed by atoms with Gasteiger partial charge in [-0.3, -0.25) is 13.9 Å². The molecule has 0 aromatic heterocycles. The molecule has 0 heterocycles. The molecule has 2 atom stereocenters. The van der Waals surface area contributed by atoms with E-state index in [0.29, 0.717) is 12.1 Å². The zero-order chi connectivity index (χ0) is 28.7. The number of sulfonamides is 1. The lowest BCUT2D eigenvalue weighted by Crippen LogP contribution is -2.52. The lowest BCUT2D eigenvalue weighted by molar-refractivity contribution is -0.139. The highest BCUT2D eigenvalue weighted by atomic mass is 32.2. The molecule has 7 nitrogen and oxygen atoms in total. The number of anilines is 1. The van der Waals surface area contributed by atoms with Gasteiger partial charge in [0.15, 0.2) is 0 Å². The fraction of sp³-hybridized carbons (Fsp3) is 0.333. The Kier molecular flexibility index (Phi) is 9.86. The number of hydrogen-bond donors (Lipinski definition) is 1. The maximum absolute atomic E-state index is 14.6. The van der Waals surface area contributed by atoms with Gasteiger partial charge in [-0.05, 0) is 75.6 Å². The lowest BCUT2D eigenvalue weighted by Gasteiger charge is -2.32. The third kappa shape index (κ3) is 7.23. The average Bonchev–Trinajstić information content (AvgIpc) is 2.92. The van der Waals surface area contributed by atoms with E-state index in [1.54, 1.807) is 49.4 Å². The van der Waals surface area contributed by atoms with Crippen LogP contribution in [0.4, 0.5) is 10.1 Å². The molecule has 0 saturated carbocycles. The van der Waals surface area contributed by atoms with Gasteiger partial charge in [-0.15, -0.1) is 0 Å². The van der Waals surface area contributed by atoms with Gasteiger partial charge in [0.2, 0.25) is 11.8 Å².